The van der Waals surface area contributed by atoms with Crippen molar-refractivity contribution in [2.24, 2.45) is 0 Å². The van der Waals surface area contributed by atoms with Crippen molar-refractivity contribution in [3.8, 4) is 0 Å². The van der Waals surface area contributed by atoms with E-state index in [0.717, 1.165) is 12.1 Å². The molecule has 0 spiro atoms. The third-order valence-corrected chi connectivity index (χ3v) is 3.23. The number of hydrogen-bond acceptors (Lipinski definition) is 6. The summed E-state index contributed by atoms with van der Waals surface area (Å²) in [5.41, 5.74) is -1.07. The Balaban J connectivity index is 2.29. The van der Waals surface area contributed by atoms with E-state index in [9.17, 15) is 25.0 Å². The van der Waals surface area contributed by atoms with Crippen LogP contribution < -0.4 is 5.32 Å². The number of nitrogens with one attached hydrogen (secondary N) is 1. The number of nitro groups is 2. The van der Waals surface area contributed by atoms with Crippen molar-refractivity contribution in [2.75, 3.05) is 0 Å². The van der Waals surface area contributed by atoms with Crippen molar-refractivity contribution in [1.29, 1.82) is 0 Å². The van der Waals surface area contributed by atoms with Crippen LogP contribution in [0.1, 0.15) is 16.1 Å². The highest BCUT2D eigenvalue weighted by Crippen LogP contribution is 2.34. The second-order valence-corrected chi connectivity index (χ2v) is 4.72. The summed E-state index contributed by atoms with van der Waals surface area (Å²) in [7, 11) is 0. The smallest absolute Gasteiger partial charge is 0.295 e. The van der Waals surface area contributed by atoms with Gasteiger partial charge in [0.1, 0.15) is 0 Å². The van der Waals surface area contributed by atoms with Crippen LogP contribution in [0.2, 0.25) is 5.02 Å². The number of carbonyl (C=O) groups is 1. The molecule has 2 aromatic rings. The zero-order chi connectivity index (χ0) is 17.0. The Labute approximate surface area is 134 Å². The second kappa shape index (κ2) is 6.79. The molecular weight excluding hydrogens is 328 g/mol. The third kappa shape index (κ3) is 3.77. The van der Waals surface area contributed by atoms with Crippen LogP contribution in [0.15, 0.2) is 36.5 Å². The van der Waals surface area contributed by atoms with E-state index < -0.39 is 32.2 Å². The van der Waals surface area contributed by atoms with E-state index in [4.69, 9.17) is 11.6 Å². The van der Waals surface area contributed by atoms with E-state index in [1.165, 1.54) is 0 Å². The summed E-state index contributed by atoms with van der Waals surface area (Å²) < 4.78 is 0. The minimum Gasteiger partial charge on any atom is -0.346 e. The van der Waals surface area contributed by atoms with Crippen molar-refractivity contribution in [3.63, 3.8) is 0 Å². The van der Waals surface area contributed by atoms with Gasteiger partial charge in [-0.25, -0.2) is 0 Å². The molecule has 0 fully saturated rings. The first kappa shape index (κ1) is 16.3. The minimum absolute atomic E-state index is 0.0733. The van der Waals surface area contributed by atoms with E-state index >= 15 is 0 Å². The van der Waals surface area contributed by atoms with Crippen molar-refractivity contribution < 1.29 is 14.6 Å². The van der Waals surface area contributed by atoms with E-state index in [0.29, 0.717) is 5.69 Å². The van der Waals surface area contributed by atoms with Crippen molar-refractivity contribution in [1.82, 2.24) is 10.3 Å². The topological polar surface area (TPSA) is 128 Å². The van der Waals surface area contributed by atoms with Crippen molar-refractivity contribution >= 4 is 28.9 Å². The standard InChI is InChI=1S/C13H9ClN4O5/c14-12-10(17(20)21)5-8(6-11(12)18(22)23)13(19)16-7-9-3-1-2-4-15-9/h1-6H,7H2,(H,16,19). The van der Waals surface area contributed by atoms with Crippen LogP contribution in [0.25, 0.3) is 0 Å². The molecule has 0 aliphatic rings. The normalized spacial score (nSPS) is 10.1. The second-order valence-electron chi connectivity index (χ2n) is 4.35. The number of pyridine rings is 1. The lowest BCUT2D eigenvalue weighted by Gasteiger charge is -2.06. The highest BCUT2D eigenvalue weighted by molar-refractivity contribution is 6.35. The molecule has 1 amide bonds. The lowest BCUT2D eigenvalue weighted by atomic mass is 10.1. The van der Waals surface area contributed by atoms with Gasteiger partial charge in [-0.3, -0.25) is 30.0 Å². The average molecular weight is 337 g/mol. The van der Waals surface area contributed by atoms with Crippen molar-refractivity contribution in [3.05, 3.63) is 73.0 Å². The molecule has 0 aliphatic carbocycles. The first-order valence-electron chi connectivity index (χ1n) is 6.20. The molecule has 1 heterocycles. The summed E-state index contributed by atoms with van der Waals surface area (Å²) in [5, 5.41) is 23.7. The molecule has 9 nitrogen and oxygen atoms in total. The van der Waals surface area contributed by atoms with Crippen LogP contribution in [-0.4, -0.2) is 20.7 Å². The monoisotopic (exact) mass is 336 g/mol. The Morgan fingerprint density at radius 3 is 2.26 bits per heavy atom. The maximum atomic E-state index is 12.1. The summed E-state index contributed by atoms with van der Waals surface area (Å²) in [6, 6.07) is 6.89. The number of rotatable bonds is 5. The molecule has 0 unspecified atom stereocenters. The van der Waals surface area contributed by atoms with Gasteiger partial charge in [-0.05, 0) is 12.1 Å². The Morgan fingerprint density at radius 2 is 1.78 bits per heavy atom. The molecule has 1 aromatic carbocycles. The maximum Gasteiger partial charge on any atom is 0.295 e. The molecule has 10 heteroatoms. The van der Waals surface area contributed by atoms with Gasteiger partial charge >= 0.3 is 0 Å². The van der Waals surface area contributed by atoms with E-state index in [-0.39, 0.29) is 12.1 Å². The lowest BCUT2D eigenvalue weighted by Crippen LogP contribution is -2.23. The number of halogens is 1. The number of amides is 1. The number of nitro benzene ring substituents is 2. The fourth-order valence-corrected chi connectivity index (χ4v) is 2.01. The molecule has 2 rings (SSSR count). The largest absolute Gasteiger partial charge is 0.346 e. The van der Waals surface area contributed by atoms with Gasteiger partial charge in [-0.15, -0.1) is 0 Å². The molecular formula is C13H9ClN4O5. The zero-order valence-electron chi connectivity index (χ0n) is 11.4. The van der Waals surface area contributed by atoms with E-state index in [1.54, 1.807) is 24.4 Å². The van der Waals surface area contributed by atoms with E-state index in [2.05, 4.69) is 10.3 Å². The minimum atomic E-state index is -0.884. The fraction of sp³-hybridized carbons (Fsp3) is 0.0769. The number of benzene rings is 1. The Kier molecular flexibility index (Phi) is 4.82. The molecule has 1 N–H and O–H groups in total. The van der Waals surface area contributed by atoms with Crippen molar-refractivity contribution in [2.45, 2.75) is 6.54 Å². The highest BCUT2D eigenvalue weighted by Gasteiger charge is 2.27. The summed E-state index contributed by atoms with van der Waals surface area (Å²) >= 11 is 5.62. The van der Waals surface area contributed by atoms with Gasteiger partial charge in [-0.2, -0.15) is 0 Å². The summed E-state index contributed by atoms with van der Waals surface area (Å²) in [5.74, 6) is -0.710. The molecule has 0 aliphatic heterocycles. The molecule has 118 valence electrons. The van der Waals surface area contributed by atoms with Gasteiger partial charge in [0.05, 0.1) is 27.6 Å². The Morgan fingerprint density at radius 1 is 1.17 bits per heavy atom. The molecule has 1 aromatic heterocycles. The van der Waals surface area contributed by atoms with Crippen LogP contribution in [0.4, 0.5) is 11.4 Å². The van der Waals surface area contributed by atoms with Crippen LogP contribution in [0, 0.1) is 20.2 Å². The number of carbonyl (C=O) groups excluding carboxylic acids is 1. The quantitative estimate of drug-likeness (QED) is 0.659. The lowest BCUT2D eigenvalue weighted by molar-refractivity contribution is -0.393. The van der Waals surface area contributed by atoms with Crippen LogP contribution >= 0.6 is 11.6 Å². The first-order chi connectivity index (χ1) is 10.9. The summed E-state index contributed by atoms with van der Waals surface area (Å²) in [6.45, 7) is 0.0733. The molecule has 0 bridgehead atoms. The average Bonchev–Trinajstić information content (AvgIpc) is 2.53. The van der Waals surface area contributed by atoms with Gasteiger partial charge in [0.15, 0.2) is 5.02 Å². The Hall–Kier alpha value is -3.07. The highest BCUT2D eigenvalue weighted by atomic mass is 35.5. The maximum absolute atomic E-state index is 12.1. The molecule has 0 saturated heterocycles. The van der Waals surface area contributed by atoms with Gasteiger partial charge in [-0.1, -0.05) is 17.7 Å². The predicted molar refractivity (Wildman–Crippen MR) is 80.2 cm³/mol. The number of aromatic nitrogens is 1. The van der Waals surface area contributed by atoms with Gasteiger partial charge in [0, 0.05) is 18.3 Å². The summed E-state index contributed by atoms with van der Waals surface area (Å²) in [6.07, 6.45) is 1.54. The molecule has 0 radical (unpaired) electrons. The van der Waals surface area contributed by atoms with Crippen LogP contribution in [0.5, 0.6) is 0 Å². The summed E-state index contributed by atoms with van der Waals surface area (Å²) in [4.78, 5) is 36.1. The zero-order valence-corrected chi connectivity index (χ0v) is 12.2. The number of hydrogen-bond donors (Lipinski definition) is 1. The SMILES string of the molecule is O=C(NCc1ccccn1)c1cc([N+](=O)[O-])c(Cl)c([N+](=O)[O-])c1. The fourth-order valence-electron chi connectivity index (χ4n) is 1.77. The molecule has 0 saturated carbocycles. The first-order valence-corrected chi connectivity index (χ1v) is 6.58. The van der Waals surface area contributed by atoms with Crippen LogP contribution in [-0.2, 0) is 6.54 Å². The van der Waals surface area contributed by atoms with Gasteiger partial charge in [0.2, 0.25) is 0 Å². The van der Waals surface area contributed by atoms with Gasteiger partial charge < -0.3 is 5.32 Å². The molecule has 23 heavy (non-hydrogen) atoms. The third-order valence-electron chi connectivity index (χ3n) is 2.85. The Bertz CT molecular complexity index is 746. The van der Waals surface area contributed by atoms with Crippen LogP contribution in [0.3, 0.4) is 0 Å². The molecule has 0 atom stereocenters. The van der Waals surface area contributed by atoms with Gasteiger partial charge in [0.25, 0.3) is 17.3 Å². The van der Waals surface area contributed by atoms with E-state index in [1.807, 2.05) is 0 Å². The number of nitrogens with zero attached hydrogens (tertiary/aromatic N) is 3. The predicted octanol–water partition coefficient (Wildman–Crippen LogP) is 2.48.